The third-order valence-corrected chi connectivity index (χ3v) is 1.92. The zero-order valence-electron chi connectivity index (χ0n) is 8.52. The zero-order valence-corrected chi connectivity index (χ0v) is 8.52. The van der Waals surface area contributed by atoms with Gasteiger partial charge in [0.25, 0.3) is 0 Å². The van der Waals surface area contributed by atoms with Crippen molar-refractivity contribution in [2.75, 3.05) is 0 Å². The highest BCUT2D eigenvalue weighted by Crippen LogP contribution is 2.14. The first-order valence-electron chi connectivity index (χ1n) is 4.31. The maximum absolute atomic E-state index is 11.0. The molecule has 0 saturated carbocycles. The van der Waals surface area contributed by atoms with E-state index in [1.165, 1.54) is 0 Å². The van der Waals surface area contributed by atoms with Crippen LogP contribution in [0.25, 0.3) is 0 Å². The molecule has 0 atom stereocenters. The maximum Gasteiger partial charge on any atom is 0.316 e. The number of nitrogens with zero attached hydrogens (tertiary/aromatic N) is 3. The van der Waals surface area contributed by atoms with Crippen molar-refractivity contribution < 1.29 is 14.4 Å². The molecular formula is C9H3N3O6. The Bertz CT molecular complexity index is 486. The molecule has 9 nitrogen and oxygen atoms in total. The lowest BCUT2D eigenvalue weighted by atomic mass is 10.0. The number of hydrogen-bond donors (Lipinski definition) is 0. The zero-order chi connectivity index (χ0) is 13.7. The van der Waals surface area contributed by atoms with Crippen molar-refractivity contribution in [3.63, 3.8) is 0 Å². The topological polar surface area (TPSA) is 140 Å². The number of carbonyl (C=O) groups is 3. The highest BCUT2D eigenvalue weighted by Gasteiger charge is 2.17. The van der Waals surface area contributed by atoms with Crippen LogP contribution in [0.4, 0.5) is 0 Å². The van der Waals surface area contributed by atoms with Gasteiger partial charge in [-0.05, 0) is 18.2 Å². The Hall–Kier alpha value is -2.97. The molecule has 0 aliphatic rings. The Morgan fingerprint density at radius 1 is 0.611 bits per heavy atom. The molecule has 3 amide bonds. The minimum absolute atomic E-state index is 0.425. The third-order valence-electron chi connectivity index (χ3n) is 1.92. The van der Waals surface area contributed by atoms with Gasteiger partial charge < -0.3 is 0 Å². The van der Waals surface area contributed by atoms with Gasteiger partial charge in [0.2, 0.25) is 0 Å². The number of carbonyl (C=O) groups excluding carboxylic acids is 3. The smallest absolute Gasteiger partial charge is 0.263 e. The summed E-state index contributed by atoms with van der Waals surface area (Å²) in [5.74, 6) is -3.80. The van der Waals surface area contributed by atoms with Gasteiger partial charge >= 0.3 is 17.7 Å². The van der Waals surface area contributed by atoms with Crippen molar-refractivity contribution >= 4 is 17.7 Å². The van der Waals surface area contributed by atoms with Gasteiger partial charge in [-0.25, -0.2) is 0 Å². The predicted molar refractivity (Wildman–Crippen MR) is 56.8 cm³/mol. The summed E-state index contributed by atoms with van der Waals surface area (Å²) in [6.45, 7) is 0. The van der Waals surface area contributed by atoms with Crippen molar-refractivity contribution in [2.45, 2.75) is 0 Å². The lowest BCUT2D eigenvalue weighted by Crippen LogP contribution is -2.04. The molecule has 0 N–H and O–H groups in total. The first kappa shape index (κ1) is 13.1. The van der Waals surface area contributed by atoms with Gasteiger partial charge in [0.05, 0.1) is 0 Å². The molecule has 0 aliphatic heterocycles. The summed E-state index contributed by atoms with van der Waals surface area (Å²) in [6, 6.07) is 2.57. The summed E-state index contributed by atoms with van der Waals surface area (Å²) in [5.41, 5.74) is -1.27. The second-order valence-corrected chi connectivity index (χ2v) is 2.99. The predicted octanol–water partition coefficient (Wildman–Crippen LogP) is 1.41. The maximum atomic E-state index is 11.0. The van der Waals surface area contributed by atoms with Gasteiger partial charge in [0.15, 0.2) is 0 Å². The van der Waals surface area contributed by atoms with Crippen LogP contribution in [0.5, 0.6) is 0 Å². The van der Waals surface area contributed by atoms with Crippen molar-refractivity contribution in [3.8, 4) is 0 Å². The molecule has 0 radical (unpaired) electrons. The summed E-state index contributed by atoms with van der Waals surface area (Å²) >= 11 is 0. The molecule has 1 rings (SSSR count). The van der Waals surface area contributed by atoms with Gasteiger partial charge in [0.1, 0.15) is 0 Å². The molecule has 0 heterocycles. The van der Waals surface area contributed by atoms with Crippen molar-refractivity contribution in [3.05, 3.63) is 49.6 Å². The van der Waals surface area contributed by atoms with Gasteiger partial charge in [-0.3, -0.25) is 14.4 Å². The molecule has 90 valence electrons. The highest BCUT2D eigenvalue weighted by atomic mass is 16.3. The Morgan fingerprint density at radius 3 is 1.00 bits per heavy atom. The summed E-state index contributed by atoms with van der Waals surface area (Å²) in [6.07, 6.45) is 0. The molecule has 0 fully saturated rings. The van der Waals surface area contributed by atoms with E-state index in [4.69, 9.17) is 0 Å². The van der Waals surface area contributed by atoms with Crippen LogP contribution in [-0.2, 0) is 0 Å². The lowest BCUT2D eigenvalue weighted by molar-refractivity contribution is 0.0999. The van der Waals surface area contributed by atoms with Crippen LogP contribution >= 0.6 is 0 Å². The molecule has 0 aliphatic carbocycles. The van der Waals surface area contributed by atoms with E-state index in [0.717, 1.165) is 18.2 Å². The average molecular weight is 249 g/mol. The van der Waals surface area contributed by atoms with Crippen LogP contribution in [0.3, 0.4) is 0 Å². The summed E-state index contributed by atoms with van der Waals surface area (Å²) in [5, 5.41) is 6.25. The molecule has 1 aromatic rings. The molecule has 9 heteroatoms. The van der Waals surface area contributed by atoms with E-state index < -0.39 is 34.4 Å². The molecule has 0 spiro atoms. The Kier molecular flexibility index (Phi) is 3.92. The van der Waals surface area contributed by atoms with Crippen LogP contribution in [-0.4, -0.2) is 17.7 Å². The normalized spacial score (nSPS) is 9.33. The molecule has 0 unspecified atom stereocenters. The number of hydrogen-bond acceptors (Lipinski definition) is 6. The van der Waals surface area contributed by atoms with E-state index in [2.05, 4.69) is 15.5 Å². The first-order chi connectivity index (χ1) is 8.53. The second-order valence-electron chi connectivity index (χ2n) is 2.99. The van der Waals surface area contributed by atoms with E-state index in [0.29, 0.717) is 0 Å². The second kappa shape index (κ2) is 5.39. The van der Waals surface area contributed by atoms with Crippen LogP contribution < -0.4 is 0 Å². The van der Waals surface area contributed by atoms with Gasteiger partial charge in [-0.1, -0.05) is 0 Å². The minimum Gasteiger partial charge on any atom is -0.263 e. The van der Waals surface area contributed by atoms with E-state index in [9.17, 15) is 29.1 Å². The molecular weight excluding hydrogens is 246 g/mol. The van der Waals surface area contributed by atoms with Crippen LogP contribution in [0.15, 0.2) is 33.7 Å². The van der Waals surface area contributed by atoms with Crippen molar-refractivity contribution in [1.29, 1.82) is 0 Å². The lowest BCUT2D eigenvalue weighted by Gasteiger charge is -2.00. The fraction of sp³-hybridized carbons (Fsp3) is 0. The first-order valence-corrected chi connectivity index (χ1v) is 4.31. The fourth-order valence-corrected chi connectivity index (χ4v) is 1.16. The molecule has 0 aromatic heterocycles. The van der Waals surface area contributed by atoms with Gasteiger partial charge in [0, 0.05) is 32.2 Å². The number of benzene rings is 1. The standard InChI is InChI=1S/C9H3N3O6/c13-7(10-16)4-1-5(8(14)11-17)3-6(2-4)9(15)12-18/h1-3H. The number of rotatable bonds is 3. The largest absolute Gasteiger partial charge is 0.316 e. The van der Waals surface area contributed by atoms with E-state index in [-0.39, 0.29) is 0 Å². The molecule has 1 aromatic carbocycles. The minimum atomic E-state index is -1.27. The Labute approximate surface area is 98.1 Å². The van der Waals surface area contributed by atoms with E-state index >= 15 is 0 Å². The quantitative estimate of drug-likeness (QED) is 0.741. The molecule has 0 bridgehead atoms. The van der Waals surface area contributed by atoms with Gasteiger partial charge in [-0.15, -0.1) is 14.7 Å². The van der Waals surface area contributed by atoms with Crippen molar-refractivity contribution in [2.24, 2.45) is 15.5 Å². The van der Waals surface area contributed by atoms with Gasteiger partial charge in [-0.2, -0.15) is 0 Å². The third kappa shape index (κ3) is 2.58. The SMILES string of the molecule is O=NC(=O)c1cc(C(=O)N=O)cc(C(=O)N=O)c1. The number of nitroso groups, excluding NO2 is 3. The summed E-state index contributed by atoms with van der Waals surface area (Å²) in [7, 11) is 0. The highest BCUT2D eigenvalue weighted by molar-refractivity contribution is 6.05. The van der Waals surface area contributed by atoms with Crippen LogP contribution in [0.1, 0.15) is 31.1 Å². The summed E-state index contributed by atoms with van der Waals surface area (Å²) in [4.78, 5) is 63.3. The molecule has 0 saturated heterocycles. The Balaban J connectivity index is 3.46. The van der Waals surface area contributed by atoms with Crippen molar-refractivity contribution in [1.82, 2.24) is 0 Å². The van der Waals surface area contributed by atoms with Crippen LogP contribution in [0.2, 0.25) is 0 Å². The fourth-order valence-electron chi connectivity index (χ4n) is 1.16. The Morgan fingerprint density at radius 2 is 0.833 bits per heavy atom. The monoisotopic (exact) mass is 249 g/mol. The van der Waals surface area contributed by atoms with E-state index in [1.54, 1.807) is 0 Å². The van der Waals surface area contributed by atoms with Crippen LogP contribution in [0, 0.1) is 14.7 Å². The molecule has 18 heavy (non-hydrogen) atoms. The average Bonchev–Trinajstić information content (AvgIpc) is 2.43. The number of amides is 3. The summed E-state index contributed by atoms with van der Waals surface area (Å²) < 4.78 is 0. The van der Waals surface area contributed by atoms with E-state index in [1.807, 2.05) is 0 Å².